The first-order valence-corrected chi connectivity index (χ1v) is 8.17. The molecule has 2 unspecified atom stereocenters. The molecule has 1 aliphatic carbocycles. The minimum atomic E-state index is -0.524. The molecule has 120 valence electrons. The van der Waals surface area contributed by atoms with Gasteiger partial charge < -0.3 is 14.9 Å². The highest BCUT2D eigenvalue weighted by atomic mass is 16.3. The SMILES string of the molecule is CC(O)CN(C(=O)C1CCCN(C(=O)C2CC2)C1)C(C)C. The summed E-state index contributed by atoms with van der Waals surface area (Å²) in [5, 5.41) is 9.58. The highest BCUT2D eigenvalue weighted by molar-refractivity contribution is 5.83. The molecule has 2 fully saturated rings. The first kappa shape index (κ1) is 16.3. The molecular formula is C16H28N2O3. The second-order valence-electron chi connectivity index (χ2n) is 6.83. The van der Waals surface area contributed by atoms with Crippen molar-refractivity contribution in [3.05, 3.63) is 0 Å². The van der Waals surface area contributed by atoms with Crippen LogP contribution in [0, 0.1) is 11.8 Å². The van der Waals surface area contributed by atoms with E-state index in [4.69, 9.17) is 0 Å². The van der Waals surface area contributed by atoms with Gasteiger partial charge in [-0.1, -0.05) is 0 Å². The molecule has 2 rings (SSSR count). The Labute approximate surface area is 127 Å². The Morgan fingerprint density at radius 2 is 1.86 bits per heavy atom. The summed E-state index contributed by atoms with van der Waals surface area (Å²) in [6.45, 7) is 7.34. The predicted molar refractivity (Wildman–Crippen MR) is 80.6 cm³/mol. The molecule has 0 aromatic heterocycles. The fourth-order valence-electron chi connectivity index (χ4n) is 3.04. The second-order valence-corrected chi connectivity index (χ2v) is 6.83. The lowest BCUT2D eigenvalue weighted by atomic mass is 9.95. The summed E-state index contributed by atoms with van der Waals surface area (Å²) in [5.74, 6) is 0.429. The Kier molecular flexibility index (Phi) is 5.25. The maximum atomic E-state index is 12.7. The minimum absolute atomic E-state index is 0.0709. The van der Waals surface area contributed by atoms with Crippen molar-refractivity contribution in [2.24, 2.45) is 11.8 Å². The number of hydrogen-bond acceptors (Lipinski definition) is 3. The van der Waals surface area contributed by atoms with Crippen molar-refractivity contribution in [2.75, 3.05) is 19.6 Å². The molecule has 0 spiro atoms. The van der Waals surface area contributed by atoms with Crippen molar-refractivity contribution >= 4 is 11.8 Å². The van der Waals surface area contributed by atoms with Gasteiger partial charge in [-0.05, 0) is 46.5 Å². The minimum Gasteiger partial charge on any atom is -0.392 e. The fraction of sp³-hybridized carbons (Fsp3) is 0.875. The lowest BCUT2D eigenvalue weighted by Crippen LogP contribution is -2.50. The van der Waals surface area contributed by atoms with Gasteiger partial charge in [-0.25, -0.2) is 0 Å². The molecule has 0 bridgehead atoms. The van der Waals surface area contributed by atoms with Gasteiger partial charge in [-0.15, -0.1) is 0 Å². The number of carbonyl (C=O) groups is 2. The predicted octanol–water partition coefficient (Wildman–Crippen LogP) is 1.25. The smallest absolute Gasteiger partial charge is 0.227 e. The number of hydrogen-bond donors (Lipinski definition) is 1. The Hall–Kier alpha value is -1.10. The summed E-state index contributed by atoms with van der Waals surface area (Å²) in [5.41, 5.74) is 0. The van der Waals surface area contributed by atoms with Crippen LogP contribution in [0.25, 0.3) is 0 Å². The molecule has 2 amide bonds. The first-order valence-electron chi connectivity index (χ1n) is 8.17. The van der Waals surface area contributed by atoms with E-state index in [0.29, 0.717) is 13.1 Å². The third kappa shape index (κ3) is 4.19. The molecule has 5 heteroatoms. The first-order chi connectivity index (χ1) is 9.90. The maximum absolute atomic E-state index is 12.7. The van der Waals surface area contributed by atoms with Crippen LogP contribution in [-0.4, -0.2) is 58.5 Å². The summed E-state index contributed by atoms with van der Waals surface area (Å²) in [6.07, 6.45) is 3.23. The van der Waals surface area contributed by atoms with Crippen molar-refractivity contribution in [3.63, 3.8) is 0 Å². The quantitative estimate of drug-likeness (QED) is 0.830. The lowest BCUT2D eigenvalue weighted by Gasteiger charge is -2.37. The van der Waals surface area contributed by atoms with Crippen LogP contribution < -0.4 is 0 Å². The van der Waals surface area contributed by atoms with Gasteiger partial charge in [-0.2, -0.15) is 0 Å². The van der Waals surface area contributed by atoms with Gasteiger partial charge in [0.15, 0.2) is 0 Å². The Bertz CT molecular complexity index is 391. The Morgan fingerprint density at radius 1 is 1.19 bits per heavy atom. The van der Waals surface area contributed by atoms with Crippen LogP contribution >= 0.6 is 0 Å². The molecule has 0 aromatic rings. The summed E-state index contributed by atoms with van der Waals surface area (Å²) in [4.78, 5) is 28.5. The molecule has 5 nitrogen and oxygen atoms in total. The molecule has 21 heavy (non-hydrogen) atoms. The van der Waals surface area contributed by atoms with E-state index in [0.717, 1.165) is 32.2 Å². The van der Waals surface area contributed by atoms with Gasteiger partial charge in [0.05, 0.1) is 12.0 Å². The van der Waals surface area contributed by atoms with Crippen LogP contribution in [0.15, 0.2) is 0 Å². The number of carbonyl (C=O) groups excluding carboxylic acids is 2. The summed E-state index contributed by atoms with van der Waals surface area (Å²) >= 11 is 0. The molecule has 0 aromatic carbocycles. The summed E-state index contributed by atoms with van der Waals surface area (Å²) < 4.78 is 0. The normalized spacial score (nSPS) is 24.0. The van der Waals surface area contributed by atoms with Gasteiger partial charge >= 0.3 is 0 Å². The van der Waals surface area contributed by atoms with Crippen LogP contribution in [0.5, 0.6) is 0 Å². The van der Waals surface area contributed by atoms with E-state index in [2.05, 4.69) is 0 Å². The van der Waals surface area contributed by atoms with Gasteiger partial charge in [0.1, 0.15) is 0 Å². The van der Waals surface area contributed by atoms with Gasteiger partial charge in [-0.3, -0.25) is 9.59 Å². The van der Waals surface area contributed by atoms with Crippen molar-refractivity contribution in [2.45, 2.75) is 58.6 Å². The number of aliphatic hydroxyl groups excluding tert-OH is 1. The average Bonchev–Trinajstić information content (AvgIpc) is 3.27. The third-order valence-electron chi connectivity index (χ3n) is 4.38. The van der Waals surface area contributed by atoms with E-state index in [1.807, 2.05) is 18.7 Å². The zero-order chi connectivity index (χ0) is 15.6. The van der Waals surface area contributed by atoms with Gasteiger partial charge in [0.25, 0.3) is 0 Å². The molecule has 2 atom stereocenters. The number of piperidine rings is 1. The van der Waals surface area contributed by atoms with Crippen LogP contribution in [-0.2, 0) is 9.59 Å². The highest BCUT2D eigenvalue weighted by Gasteiger charge is 2.37. The van der Waals surface area contributed by atoms with E-state index in [9.17, 15) is 14.7 Å². The molecule has 0 radical (unpaired) electrons. The largest absolute Gasteiger partial charge is 0.392 e. The number of rotatable bonds is 5. The molecule has 2 aliphatic rings. The molecule has 1 heterocycles. The number of nitrogens with zero attached hydrogens (tertiary/aromatic N) is 2. The van der Waals surface area contributed by atoms with Crippen molar-refractivity contribution in [3.8, 4) is 0 Å². The highest BCUT2D eigenvalue weighted by Crippen LogP contribution is 2.32. The summed E-state index contributed by atoms with van der Waals surface area (Å²) in [6, 6.07) is 0.0709. The standard InChI is InChI=1S/C16H28N2O3/c1-11(2)18(9-12(3)19)16(21)14-5-4-8-17(10-14)15(20)13-6-7-13/h11-14,19H,4-10H2,1-3H3. The molecule has 1 aliphatic heterocycles. The van der Waals surface area contributed by atoms with Crippen LogP contribution in [0.3, 0.4) is 0 Å². The van der Waals surface area contributed by atoms with Crippen LogP contribution in [0.2, 0.25) is 0 Å². The maximum Gasteiger partial charge on any atom is 0.227 e. The van der Waals surface area contributed by atoms with E-state index in [1.165, 1.54) is 0 Å². The zero-order valence-electron chi connectivity index (χ0n) is 13.4. The lowest BCUT2D eigenvalue weighted by molar-refractivity contribution is -0.143. The van der Waals surface area contributed by atoms with Crippen molar-refractivity contribution in [1.82, 2.24) is 9.80 Å². The van der Waals surface area contributed by atoms with Gasteiger partial charge in [0, 0.05) is 31.6 Å². The van der Waals surface area contributed by atoms with Crippen molar-refractivity contribution in [1.29, 1.82) is 0 Å². The zero-order valence-corrected chi connectivity index (χ0v) is 13.4. The topological polar surface area (TPSA) is 60.9 Å². The number of amides is 2. The Balaban J connectivity index is 1.97. The number of likely N-dealkylation sites (tertiary alicyclic amines) is 1. The van der Waals surface area contributed by atoms with E-state index in [-0.39, 0.29) is 29.7 Å². The fourth-order valence-corrected chi connectivity index (χ4v) is 3.04. The van der Waals surface area contributed by atoms with Gasteiger partial charge in [0.2, 0.25) is 11.8 Å². The van der Waals surface area contributed by atoms with Crippen LogP contribution in [0.4, 0.5) is 0 Å². The summed E-state index contributed by atoms with van der Waals surface area (Å²) in [7, 11) is 0. The molecule has 1 N–H and O–H groups in total. The van der Waals surface area contributed by atoms with Crippen LogP contribution in [0.1, 0.15) is 46.5 Å². The van der Waals surface area contributed by atoms with E-state index >= 15 is 0 Å². The van der Waals surface area contributed by atoms with Crippen molar-refractivity contribution < 1.29 is 14.7 Å². The Morgan fingerprint density at radius 3 is 2.38 bits per heavy atom. The number of aliphatic hydroxyl groups is 1. The molecular weight excluding hydrogens is 268 g/mol. The van der Waals surface area contributed by atoms with E-state index < -0.39 is 6.10 Å². The van der Waals surface area contributed by atoms with E-state index in [1.54, 1.807) is 11.8 Å². The third-order valence-corrected chi connectivity index (χ3v) is 4.38. The second kappa shape index (κ2) is 6.77. The monoisotopic (exact) mass is 296 g/mol. The molecule has 1 saturated heterocycles. The average molecular weight is 296 g/mol. The molecule has 1 saturated carbocycles.